The largest absolute Gasteiger partial charge is 0.345 e. The highest BCUT2D eigenvalue weighted by atomic mass is 32.1. The van der Waals surface area contributed by atoms with E-state index >= 15 is 0 Å². The molecule has 0 spiro atoms. The topological polar surface area (TPSA) is 92.8 Å². The van der Waals surface area contributed by atoms with Crippen LogP contribution in [0.4, 0.5) is 4.39 Å². The van der Waals surface area contributed by atoms with Crippen LogP contribution in [0.15, 0.2) is 47.0 Å². The van der Waals surface area contributed by atoms with Crippen molar-refractivity contribution < 1.29 is 9.18 Å². The zero-order valence-corrected chi connectivity index (χ0v) is 18.0. The normalized spacial score (nSPS) is 23.8. The van der Waals surface area contributed by atoms with Gasteiger partial charge in [-0.1, -0.05) is 6.07 Å². The number of thiazole rings is 1. The molecule has 0 saturated heterocycles. The van der Waals surface area contributed by atoms with E-state index in [4.69, 9.17) is 0 Å². The third-order valence-corrected chi connectivity index (χ3v) is 7.19. The van der Waals surface area contributed by atoms with Crippen molar-refractivity contribution in [3.05, 3.63) is 69.5 Å². The summed E-state index contributed by atoms with van der Waals surface area (Å²) in [6.45, 7) is 1.80. The number of carbonyl (C=O) groups excluding carboxylic acids is 1. The number of alkyl halides is 1. The average Bonchev–Trinajstić information content (AvgIpc) is 3.36. The number of carbonyl (C=O) groups is 1. The standard InChI is InChI=1S/C22H21FN6O2S/c23-22-10-21(11-22,12-22)13-24-6-14-1-2-17-26-15(9-28(17)8-14)7-25-19(31)16-5-18(30)29-3-4-32-20(29)27-16/h1-5,8-9,24H,6-7,10-13H2,(H,25,31). The summed E-state index contributed by atoms with van der Waals surface area (Å²) in [4.78, 5) is 33.8. The molecule has 0 unspecified atom stereocenters. The molecule has 4 aromatic heterocycles. The summed E-state index contributed by atoms with van der Waals surface area (Å²) in [6, 6.07) is 5.19. The number of amides is 1. The lowest BCUT2D eigenvalue weighted by molar-refractivity contribution is -0.209. The molecule has 4 aromatic rings. The average molecular weight is 453 g/mol. The fourth-order valence-corrected chi connectivity index (χ4v) is 5.74. The summed E-state index contributed by atoms with van der Waals surface area (Å²) in [7, 11) is 0. The van der Waals surface area contributed by atoms with E-state index in [2.05, 4.69) is 20.6 Å². The maximum atomic E-state index is 13.6. The number of pyridine rings is 1. The van der Waals surface area contributed by atoms with Gasteiger partial charge in [0.2, 0.25) is 0 Å². The Labute approximate surface area is 186 Å². The summed E-state index contributed by atoms with van der Waals surface area (Å²) in [6.07, 6.45) is 7.62. The first kappa shape index (κ1) is 19.6. The van der Waals surface area contributed by atoms with Gasteiger partial charge in [0.25, 0.3) is 11.5 Å². The third-order valence-electron chi connectivity index (χ3n) is 6.43. The molecule has 0 aliphatic heterocycles. The summed E-state index contributed by atoms with van der Waals surface area (Å²) in [5.41, 5.74) is 1.75. The molecule has 0 atom stereocenters. The van der Waals surface area contributed by atoms with Gasteiger partial charge < -0.3 is 15.0 Å². The molecule has 1 amide bonds. The number of nitrogens with zero attached hydrogens (tertiary/aromatic N) is 4. The quantitative estimate of drug-likeness (QED) is 0.449. The van der Waals surface area contributed by atoms with Gasteiger partial charge in [-0.15, -0.1) is 11.3 Å². The van der Waals surface area contributed by atoms with Crippen LogP contribution in [-0.4, -0.2) is 36.9 Å². The minimum Gasteiger partial charge on any atom is -0.345 e. The van der Waals surface area contributed by atoms with Gasteiger partial charge in [0, 0.05) is 43.1 Å². The summed E-state index contributed by atoms with van der Waals surface area (Å²) in [5, 5.41) is 7.99. The van der Waals surface area contributed by atoms with E-state index in [9.17, 15) is 14.0 Å². The van der Waals surface area contributed by atoms with Gasteiger partial charge >= 0.3 is 0 Å². The lowest BCUT2D eigenvalue weighted by atomic mass is 9.42. The molecule has 3 aliphatic rings. The highest BCUT2D eigenvalue weighted by Crippen LogP contribution is 2.69. The van der Waals surface area contributed by atoms with Crippen LogP contribution < -0.4 is 16.2 Å². The Bertz CT molecular complexity index is 1400. The summed E-state index contributed by atoms with van der Waals surface area (Å²) in [5.74, 6) is -0.413. The predicted octanol–water partition coefficient (Wildman–Crippen LogP) is 2.32. The third kappa shape index (κ3) is 3.30. The van der Waals surface area contributed by atoms with Crippen molar-refractivity contribution in [1.29, 1.82) is 0 Å². The molecule has 8 nitrogen and oxygen atoms in total. The van der Waals surface area contributed by atoms with Gasteiger partial charge in [0.05, 0.1) is 12.2 Å². The number of fused-ring (bicyclic) bond motifs is 2. The first-order valence-corrected chi connectivity index (χ1v) is 11.4. The Morgan fingerprint density at radius 2 is 2.03 bits per heavy atom. The Morgan fingerprint density at radius 1 is 1.19 bits per heavy atom. The molecule has 3 fully saturated rings. The van der Waals surface area contributed by atoms with Crippen molar-refractivity contribution in [2.75, 3.05) is 6.54 Å². The van der Waals surface area contributed by atoms with Crippen molar-refractivity contribution in [2.45, 2.75) is 38.0 Å². The van der Waals surface area contributed by atoms with E-state index in [1.807, 2.05) is 28.9 Å². The second kappa shape index (κ2) is 6.94. The Balaban J connectivity index is 1.08. The van der Waals surface area contributed by atoms with Crippen molar-refractivity contribution in [1.82, 2.24) is 29.4 Å². The van der Waals surface area contributed by atoms with Crippen molar-refractivity contribution in [3.63, 3.8) is 0 Å². The number of halogens is 1. The van der Waals surface area contributed by atoms with Gasteiger partial charge in [0.1, 0.15) is 17.0 Å². The fraction of sp³-hybridized carbons (Fsp3) is 0.364. The second-order valence-corrected chi connectivity index (χ2v) is 9.91. The van der Waals surface area contributed by atoms with Crippen LogP contribution >= 0.6 is 11.3 Å². The second-order valence-electron chi connectivity index (χ2n) is 9.04. The van der Waals surface area contributed by atoms with E-state index in [0.29, 0.717) is 36.5 Å². The van der Waals surface area contributed by atoms with Gasteiger partial charge in [-0.3, -0.25) is 14.0 Å². The van der Waals surface area contributed by atoms with Crippen LogP contribution in [0.3, 0.4) is 0 Å². The first-order chi connectivity index (χ1) is 15.4. The number of aromatic nitrogens is 4. The van der Waals surface area contributed by atoms with Crippen LogP contribution in [0.2, 0.25) is 0 Å². The van der Waals surface area contributed by atoms with E-state index in [1.54, 1.807) is 11.6 Å². The van der Waals surface area contributed by atoms with Gasteiger partial charge in [-0.05, 0) is 36.3 Å². The maximum Gasteiger partial charge on any atom is 0.270 e. The van der Waals surface area contributed by atoms with Crippen LogP contribution in [0.1, 0.15) is 41.0 Å². The molecule has 10 heteroatoms. The molecular weight excluding hydrogens is 431 g/mol. The Morgan fingerprint density at radius 3 is 2.84 bits per heavy atom. The van der Waals surface area contributed by atoms with Crippen molar-refractivity contribution in [3.8, 4) is 0 Å². The number of nitrogens with one attached hydrogen (secondary N) is 2. The molecule has 3 aliphatic carbocycles. The molecule has 3 saturated carbocycles. The van der Waals surface area contributed by atoms with Crippen LogP contribution in [0, 0.1) is 5.41 Å². The number of hydrogen-bond acceptors (Lipinski definition) is 6. The summed E-state index contributed by atoms with van der Waals surface area (Å²) < 4.78 is 17.0. The number of rotatable bonds is 7. The van der Waals surface area contributed by atoms with Gasteiger partial charge in [-0.25, -0.2) is 14.4 Å². The molecule has 2 bridgehead atoms. The molecule has 2 N–H and O–H groups in total. The molecule has 7 rings (SSSR count). The van der Waals surface area contributed by atoms with E-state index in [-0.39, 0.29) is 23.2 Å². The minimum atomic E-state index is -0.855. The highest BCUT2D eigenvalue weighted by Gasteiger charge is 2.68. The molecule has 0 aromatic carbocycles. The zero-order valence-electron chi connectivity index (χ0n) is 17.2. The Hall–Kier alpha value is -3.11. The zero-order chi connectivity index (χ0) is 21.9. The predicted molar refractivity (Wildman–Crippen MR) is 118 cm³/mol. The van der Waals surface area contributed by atoms with Gasteiger partial charge in [0.15, 0.2) is 4.96 Å². The lowest BCUT2D eigenvalue weighted by Crippen LogP contribution is -2.67. The fourth-order valence-electron chi connectivity index (χ4n) is 5.02. The van der Waals surface area contributed by atoms with Crippen molar-refractivity contribution >= 4 is 27.9 Å². The van der Waals surface area contributed by atoms with Crippen LogP contribution in [0.25, 0.3) is 10.6 Å². The highest BCUT2D eigenvalue weighted by molar-refractivity contribution is 7.15. The van der Waals surface area contributed by atoms with Crippen molar-refractivity contribution in [2.24, 2.45) is 5.41 Å². The Kier molecular flexibility index (Phi) is 4.25. The molecule has 32 heavy (non-hydrogen) atoms. The smallest absolute Gasteiger partial charge is 0.270 e. The molecular formula is C22H21FN6O2S. The number of hydrogen-bond donors (Lipinski definition) is 2. The van der Waals surface area contributed by atoms with E-state index < -0.39 is 11.6 Å². The SMILES string of the molecule is O=C(NCc1cn2cc(CNCC34CC(F)(C3)C4)ccc2n1)c1cc(=O)n2ccsc2n1. The van der Waals surface area contributed by atoms with E-state index in [0.717, 1.165) is 17.8 Å². The molecule has 4 heterocycles. The van der Waals surface area contributed by atoms with Crippen LogP contribution in [-0.2, 0) is 13.1 Å². The molecule has 0 radical (unpaired) electrons. The first-order valence-electron chi connectivity index (χ1n) is 10.5. The molecule has 164 valence electrons. The van der Waals surface area contributed by atoms with Crippen LogP contribution in [0.5, 0.6) is 0 Å². The number of imidazole rings is 1. The van der Waals surface area contributed by atoms with Gasteiger partial charge in [-0.2, -0.15) is 0 Å². The maximum absolute atomic E-state index is 13.6. The summed E-state index contributed by atoms with van der Waals surface area (Å²) >= 11 is 1.30. The lowest BCUT2D eigenvalue weighted by Gasteiger charge is -2.66. The van der Waals surface area contributed by atoms with E-state index in [1.165, 1.54) is 21.8 Å². The minimum absolute atomic E-state index is 0.0944. The monoisotopic (exact) mass is 452 g/mol.